The zero-order valence-corrected chi connectivity index (χ0v) is 18.6. The average molecular weight is 454 g/mol. The summed E-state index contributed by atoms with van der Waals surface area (Å²) in [4.78, 5) is 41.8. The van der Waals surface area contributed by atoms with Crippen molar-refractivity contribution in [2.45, 2.75) is 12.0 Å². The van der Waals surface area contributed by atoms with E-state index in [9.17, 15) is 14.7 Å². The number of ether oxygens (including phenoxy) is 1. The lowest BCUT2D eigenvalue weighted by Gasteiger charge is -2.29. The highest BCUT2D eigenvalue weighted by atomic mass is 16.5. The number of hydrogen-bond acceptors (Lipinski definition) is 9. The predicted octanol–water partition coefficient (Wildman–Crippen LogP) is 0.470. The third-order valence-electron chi connectivity index (χ3n) is 5.73. The third-order valence-corrected chi connectivity index (χ3v) is 5.73. The molecule has 0 radical (unpaired) electrons. The number of nitrogens with zero attached hydrogens (tertiary/aromatic N) is 5. The van der Waals surface area contributed by atoms with Gasteiger partial charge < -0.3 is 25.4 Å². The molecule has 11 heteroatoms. The van der Waals surface area contributed by atoms with Gasteiger partial charge in [-0.3, -0.25) is 19.5 Å². The summed E-state index contributed by atoms with van der Waals surface area (Å²) in [5.41, 5.74) is 1.25. The maximum atomic E-state index is 12.9. The fourth-order valence-corrected chi connectivity index (χ4v) is 3.79. The van der Waals surface area contributed by atoms with E-state index in [-0.39, 0.29) is 18.4 Å². The number of aliphatic imine (C=N–C) groups is 1. The molecule has 33 heavy (non-hydrogen) atoms. The van der Waals surface area contributed by atoms with Crippen molar-refractivity contribution in [2.24, 2.45) is 4.99 Å². The van der Waals surface area contributed by atoms with Crippen LogP contribution in [-0.4, -0.2) is 95.9 Å². The van der Waals surface area contributed by atoms with Crippen LogP contribution in [0, 0.1) is 0 Å². The number of anilines is 2. The molecule has 0 spiro atoms. The molecule has 3 heterocycles. The fourth-order valence-electron chi connectivity index (χ4n) is 3.79. The van der Waals surface area contributed by atoms with Gasteiger partial charge in [0.2, 0.25) is 11.8 Å². The second kappa shape index (κ2) is 9.92. The van der Waals surface area contributed by atoms with Crippen molar-refractivity contribution in [3.8, 4) is 5.75 Å². The average Bonchev–Trinajstić information content (AvgIpc) is 3.13. The molecule has 1 aromatic heterocycles. The van der Waals surface area contributed by atoms with E-state index in [1.807, 2.05) is 18.2 Å². The van der Waals surface area contributed by atoms with Crippen molar-refractivity contribution in [1.82, 2.24) is 19.8 Å². The Kier molecular flexibility index (Phi) is 6.80. The molecule has 2 aliphatic rings. The van der Waals surface area contributed by atoms with E-state index in [1.54, 1.807) is 36.2 Å². The molecular weight excluding hydrogens is 426 g/mol. The quantitative estimate of drug-likeness (QED) is 0.568. The van der Waals surface area contributed by atoms with Crippen LogP contribution in [0.15, 0.2) is 35.6 Å². The largest absolute Gasteiger partial charge is 0.492 e. The number of likely N-dealkylation sites (N-methyl/N-ethyl adjacent to an activating group) is 2. The highest BCUT2D eigenvalue weighted by Gasteiger charge is 2.34. The molecule has 1 unspecified atom stereocenters. The van der Waals surface area contributed by atoms with Crippen LogP contribution in [0.5, 0.6) is 5.75 Å². The minimum atomic E-state index is -0.678. The van der Waals surface area contributed by atoms with Crippen LogP contribution in [0.4, 0.5) is 17.3 Å². The summed E-state index contributed by atoms with van der Waals surface area (Å²) >= 11 is 0. The van der Waals surface area contributed by atoms with Crippen molar-refractivity contribution in [3.63, 3.8) is 0 Å². The first-order valence-corrected chi connectivity index (χ1v) is 10.7. The SMILES string of the molecule is CN1CCNc2ncnc3c2C(C=Nc2cccc(c2)OCCN(C)[C@H](CO)C1=O)C(=O)N3. The Hall–Kier alpha value is -3.57. The van der Waals surface area contributed by atoms with Gasteiger partial charge in [-0.2, -0.15) is 0 Å². The van der Waals surface area contributed by atoms with Crippen molar-refractivity contribution < 1.29 is 19.4 Å². The van der Waals surface area contributed by atoms with Gasteiger partial charge in [0.1, 0.15) is 42.3 Å². The molecule has 2 aromatic rings. The Labute approximate surface area is 191 Å². The van der Waals surface area contributed by atoms with Crippen LogP contribution in [-0.2, 0) is 9.59 Å². The Morgan fingerprint density at radius 3 is 2.82 bits per heavy atom. The summed E-state index contributed by atoms with van der Waals surface area (Å²) in [5, 5.41) is 15.8. The Morgan fingerprint density at radius 2 is 2.00 bits per heavy atom. The number of fused-ring (bicyclic) bond motifs is 2. The lowest BCUT2D eigenvalue weighted by molar-refractivity contribution is -0.136. The summed E-state index contributed by atoms with van der Waals surface area (Å²) in [7, 11) is 3.47. The number of rotatable bonds is 1. The van der Waals surface area contributed by atoms with Gasteiger partial charge in [-0.1, -0.05) is 6.07 Å². The molecule has 4 rings (SSSR count). The van der Waals surface area contributed by atoms with Crippen molar-refractivity contribution in [3.05, 3.63) is 36.2 Å². The van der Waals surface area contributed by atoms with Gasteiger partial charge in [-0.15, -0.1) is 0 Å². The number of aliphatic hydroxyl groups is 1. The van der Waals surface area contributed by atoms with Crippen LogP contribution in [0.25, 0.3) is 0 Å². The number of carbonyl (C=O) groups is 2. The first-order chi connectivity index (χ1) is 16.0. The summed E-state index contributed by atoms with van der Waals surface area (Å²) in [5.74, 6) is 0.473. The summed E-state index contributed by atoms with van der Waals surface area (Å²) in [6.07, 6.45) is 2.95. The molecule has 2 bridgehead atoms. The van der Waals surface area contributed by atoms with E-state index in [4.69, 9.17) is 4.74 Å². The van der Waals surface area contributed by atoms with E-state index in [1.165, 1.54) is 6.33 Å². The monoisotopic (exact) mass is 453 g/mol. The van der Waals surface area contributed by atoms with Crippen LogP contribution in [0.1, 0.15) is 11.5 Å². The van der Waals surface area contributed by atoms with Crippen LogP contribution >= 0.6 is 0 Å². The lowest BCUT2D eigenvalue weighted by atomic mass is 10.0. The number of amides is 2. The molecule has 0 aliphatic carbocycles. The zero-order chi connectivity index (χ0) is 23.4. The highest BCUT2D eigenvalue weighted by Crippen LogP contribution is 2.34. The van der Waals surface area contributed by atoms with E-state index < -0.39 is 12.0 Å². The minimum Gasteiger partial charge on any atom is -0.492 e. The highest BCUT2D eigenvalue weighted by molar-refractivity contribution is 6.13. The number of hydrogen-bond donors (Lipinski definition) is 3. The molecule has 2 aliphatic heterocycles. The van der Waals surface area contributed by atoms with Gasteiger partial charge in [0.15, 0.2) is 0 Å². The Morgan fingerprint density at radius 1 is 1.18 bits per heavy atom. The summed E-state index contributed by atoms with van der Waals surface area (Å²) in [6, 6.07) is 6.54. The zero-order valence-electron chi connectivity index (χ0n) is 18.6. The number of benzene rings is 1. The van der Waals surface area contributed by atoms with Gasteiger partial charge in [-0.05, 0) is 19.2 Å². The van der Waals surface area contributed by atoms with E-state index >= 15 is 0 Å². The molecule has 3 N–H and O–H groups in total. The smallest absolute Gasteiger partial charge is 0.242 e. The first kappa shape index (κ1) is 22.6. The number of carbonyl (C=O) groups excluding carboxylic acids is 2. The van der Waals surface area contributed by atoms with Crippen LogP contribution in [0.3, 0.4) is 0 Å². The molecule has 0 saturated heterocycles. The second-order valence-corrected chi connectivity index (χ2v) is 7.94. The standard InChI is InChI=1S/C22H27N7O4/c1-28-8-9-33-15-5-3-4-14(10-15)24-11-16-18-19(25-13-26-20(18)27-21(16)31)23-6-7-29(2)22(32)17(28)12-30/h3-5,10-11,13,16-17,30H,6-9,12H2,1-2H3,(H2,23,25,26,27,31)/t16?,17-/m1/s1. The van der Waals surface area contributed by atoms with Gasteiger partial charge in [0.25, 0.3) is 0 Å². The van der Waals surface area contributed by atoms with Crippen LogP contribution < -0.4 is 15.4 Å². The van der Waals surface area contributed by atoms with Crippen molar-refractivity contribution in [1.29, 1.82) is 0 Å². The normalized spacial score (nSPS) is 22.0. The minimum absolute atomic E-state index is 0.195. The Bertz CT molecular complexity index is 1060. The van der Waals surface area contributed by atoms with Gasteiger partial charge in [-0.25, -0.2) is 9.97 Å². The molecule has 2 atom stereocenters. The number of aromatic nitrogens is 2. The summed E-state index contributed by atoms with van der Waals surface area (Å²) in [6.45, 7) is 1.26. The van der Waals surface area contributed by atoms with E-state index in [0.717, 1.165) is 0 Å². The van der Waals surface area contributed by atoms with Crippen LogP contribution in [0.2, 0.25) is 0 Å². The second-order valence-electron chi connectivity index (χ2n) is 7.94. The summed E-state index contributed by atoms with van der Waals surface area (Å²) < 4.78 is 5.83. The van der Waals surface area contributed by atoms with E-state index in [0.29, 0.717) is 54.9 Å². The van der Waals surface area contributed by atoms with Gasteiger partial charge in [0.05, 0.1) is 17.9 Å². The van der Waals surface area contributed by atoms with Gasteiger partial charge >= 0.3 is 0 Å². The van der Waals surface area contributed by atoms with Gasteiger partial charge in [0, 0.05) is 39.0 Å². The first-order valence-electron chi connectivity index (χ1n) is 10.7. The molecule has 1 aromatic carbocycles. The molecule has 0 saturated carbocycles. The Balaban J connectivity index is 1.66. The number of aliphatic hydroxyl groups excluding tert-OH is 1. The van der Waals surface area contributed by atoms with E-state index in [2.05, 4.69) is 25.6 Å². The van der Waals surface area contributed by atoms with Crippen molar-refractivity contribution in [2.75, 3.05) is 57.6 Å². The lowest BCUT2D eigenvalue weighted by Crippen LogP contribution is -2.50. The molecule has 11 nitrogen and oxygen atoms in total. The maximum absolute atomic E-state index is 12.9. The predicted molar refractivity (Wildman–Crippen MR) is 123 cm³/mol. The molecule has 2 amide bonds. The third kappa shape index (κ3) is 4.94. The fraction of sp³-hybridized carbons (Fsp3) is 0.409. The molecule has 174 valence electrons. The topological polar surface area (TPSA) is 132 Å². The molecular formula is C22H27N7O4. The van der Waals surface area contributed by atoms with Crippen molar-refractivity contribution >= 4 is 35.4 Å². The number of nitrogens with one attached hydrogen (secondary N) is 2. The molecule has 0 fully saturated rings. The maximum Gasteiger partial charge on any atom is 0.242 e.